The van der Waals surface area contributed by atoms with Crippen molar-refractivity contribution in [2.75, 3.05) is 24.4 Å². The number of ether oxygens (including phenoxy) is 2. The molecule has 2 amide bonds. The van der Waals surface area contributed by atoms with Gasteiger partial charge in [-0.3, -0.25) is 9.59 Å². The molecule has 0 aliphatic carbocycles. The van der Waals surface area contributed by atoms with E-state index in [4.69, 9.17) is 21.1 Å². The Kier molecular flexibility index (Phi) is 10.5. The number of nitrogens with zero attached hydrogens (tertiary/aromatic N) is 2. The molecule has 5 rings (SSSR count). The number of aryl methyl sites for hydroxylation is 1. The molecule has 12 heteroatoms. The largest absolute Gasteiger partial charge is 0.493 e. The maximum atomic E-state index is 12.7. The van der Waals surface area contributed by atoms with Crippen molar-refractivity contribution in [2.24, 2.45) is 5.10 Å². The van der Waals surface area contributed by atoms with E-state index in [0.717, 1.165) is 33.3 Å². The van der Waals surface area contributed by atoms with Crippen LogP contribution in [0, 0.1) is 6.92 Å². The van der Waals surface area contributed by atoms with Crippen LogP contribution in [0.25, 0.3) is 11.3 Å². The average Bonchev–Trinajstić information content (AvgIpc) is 3.51. The van der Waals surface area contributed by atoms with E-state index in [1.807, 2.05) is 73.0 Å². The highest BCUT2D eigenvalue weighted by atomic mass is 79.9. The summed E-state index contributed by atoms with van der Waals surface area (Å²) in [4.78, 5) is 29.8. The lowest BCUT2D eigenvalue weighted by atomic mass is 10.1. The first kappa shape index (κ1) is 31.7. The molecule has 0 bridgehead atoms. The number of para-hydroxylation sites is 1. The molecule has 0 saturated carbocycles. The molecule has 45 heavy (non-hydrogen) atoms. The van der Waals surface area contributed by atoms with Gasteiger partial charge in [0.05, 0.1) is 23.5 Å². The summed E-state index contributed by atoms with van der Waals surface area (Å²) in [5.41, 5.74) is 7.85. The Morgan fingerprint density at radius 1 is 1.04 bits per heavy atom. The monoisotopic (exact) mass is 703 g/mol. The lowest BCUT2D eigenvalue weighted by Gasteiger charge is -2.14. The van der Waals surface area contributed by atoms with Crippen molar-refractivity contribution in [3.8, 4) is 22.8 Å². The Morgan fingerprint density at radius 3 is 2.53 bits per heavy atom. The molecule has 0 unspecified atom stereocenters. The molecule has 5 aromatic rings. The van der Waals surface area contributed by atoms with Crippen molar-refractivity contribution in [2.45, 2.75) is 6.92 Å². The Hall–Kier alpha value is -4.71. The van der Waals surface area contributed by atoms with Crippen molar-refractivity contribution in [3.63, 3.8) is 0 Å². The minimum absolute atomic E-state index is 0.213. The van der Waals surface area contributed by atoms with Gasteiger partial charge in [0.15, 0.2) is 23.2 Å². The van der Waals surface area contributed by atoms with Crippen LogP contribution in [0.5, 0.6) is 11.5 Å². The van der Waals surface area contributed by atoms with Crippen molar-refractivity contribution >= 4 is 73.4 Å². The molecule has 0 aliphatic rings. The number of hydrogen-bond acceptors (Lipinski definition) is 8. The number of hydrazone groups is 1. The molecule has 228 valence electrons. The minimum atomic E-state index is -0.369. The maximum absolute atomic E-state index is 12.7. The molecule has 0 atom stereocenters. The third kappa shape index (κ3) is 8.48. The third-order valence-corrected chi connectivity index (χ3v) is 8.04. The number of hydrogen-bond donors (Lipinski definition) is 3. The van der Waals surface area contributed by atoms with Crippen LogP contribution in [0.2, 0.25) is 5.02 Å². The number of anilines is 3. The van der Waals surface area contributed by atoms with Gasteiger partial charge >= 0.3 is 0 Å². The molecule has 9 nitrogen and oxygen atoms in total. The van der Waals surface area contributed by atoms with E-state index in [0.29, 0.717) is 32.1 Å². The number of carbonyl (C=O) groups is 2. The Labute approximate surface area is 277 Å². The molecule has 1 heterocycles. The van der Waals surface area contributed by atoms with Gasteiger partial charge in [-0.25, -0.2) is 10.4 Å². The average molecular weight is 705 g/mol. The number of carbonyl (C=O) groups excluding carboxylic acids is 2. The van der Waals surface area contributed by atoms with Gasteiger partial charge in [-0.15, -0.1) is 11.3 Å². The molecule has 0 radical (unpaired) electrons. The second-order valence-electron chi connectivity index (χ2n) is 9.63. The van der Waals surface area contributed by atoms with Gasteiger partial charge in [-0.2, -0.15) is 5.10 Å². The fraction of sp³-hybridized carbons (Fsp3) is 0.0909. The summed E-state index contributed by atoms with van der Waals surface area (Å²) in [6.45, 7) is 1.70. The van der Waals surface area contributed by atoms with Crippen molar-refractivity contribution in [1.82, 2.24) is 10.4 Å². The van der Waals surface area contributed by atoms with E-state index in [1.54, 1.807) is 24.3 Å². The first-order chi connectivity index (χ1) is 21.8. The smallest absolute Gasteiger partial charge is 0.271 e. The number of halogens is 2. The third-order valence-electron chi connectivity index (χ3n) is 6.44. The summed E-state index contributed by atoms with van der Waals surface area (Å²) >= 11 is 10.9. The molecule has 1 aromatic heterocycles. The number of amides is 2. The van der Waals surface area contributed by atoms with Crippen molar-refractivity contribution < 1.29 is 19.1 Å². The normalized spacial score (nSPS) is 10.8. The van der Waals surface area contributed by atoms with Gasteiger partial charge in [-0.05, 0) is 88.6 Å². The van der Waals surface area contributed by atoms with Crippen LogP contribution in [0.1, 0.15) is 21.5 Å². The SMILES string of the molecule is COc1cc(/C=N\NC(=O)c2ccc(-c3csc(Nc4ccc(Cl)cc4)n3)cc2)cc(Br)c1OCC(=O)Nc1ccccc1C. The number of rotatable bonds is 11. The van der Waals surface area contributed by atoms with Gasteiger partial charge < -0.3 is 20.1 Å². The molecular formula is C33H27BrClN5O4S. The van der Waals surface area contributed by atoms with Crippen LogP contribution in [0.15, 0.2) is 99.9 Å². The lowest BCUT2D eigenvalue weighted by molar-refractivity contribution is -0.118. The fourth-order valence-corrected chi connectivity index (χ4v) is 5.57. The summed E-state index contributed by atoms with van der Waals surface area (Å²) in [6, 6.07) is 25.4. The molecule has 0 aliphatic heterocycles. The van der Waals surface area contributed by atoms with E-state index in [2.05, 4.69) is 42.1 Å². The van der Waals surface area contributed by atoms with E-state index < -0.39 is 0 Å². The Balaban J connectivity index is 1.16. The van der Waals surface area contributed by atoms with Crippen LogP contribution < -0.4 is 25.5 Å². The predicted octanol–water partition coefficient (Wildman–Crippen LogP) is 8.07. The van der Waals surface area contributed by atoms with Crippen LogP contribution in [0.3, 0.4) is 0 Å². The quantitative estimate of drug-likeness (QED) is 0.0947. The Bertz CT molecular complexity index is 1850. The topological polar surface area (TPSA) is 114 Å². The van der Waals surface area contributed by atoms with Crippen molar-refractivity contribution in [1.29, 1.82) is 0 Å². The second kappa shape index (κ2) is 14.8. The first-order valence-corrected chi connectivity index (χ1v) is 15.6. The number of aromatic nitrogens is 1. The molecule has 4 aromatic carbocycles. The van der Waals surface area contributed by atoms with Gasteiger partial charge in [0.2, 0.25) is 0 Å². The van der Waals surface area contributed by atoms with Crippen LogP contribution in [0.4, 0.5) is 16.5 Å². The molecule has 0 fully saturated rings. The number of benzene rings is 4. The predicted molar refractivity (Wildman–Crippen MR) is 183 cm³/mol. The van der Waals surface area contributed by atoms with E-state index >= 15 is 0 Å². The Morgan fingerprint density at radius 2 is 1.80 bits per heavy atom. The number of methoxy groups -OCH3 is 1. The zero-order valence-electron chi connectivity index (χ0n) is 24.1. The summed E-state index contributed by atoms with van der Waals surface area (Å²) in [5, 5.41) is 13.5. The second-order valence-corrected chi connectivity index (χ2v) is 11.8. The zero-order valence-corrected chi connectivity index (χ0v) is 27.3. The van der Waals surface area contributed by atoms with Crippen LogP contribution in [-0.4, -0.2) is 36.7 Å². The van der Waals surface area contributed by atoms with E-state index in [9.17, 15) is 9.59 Å². The van der Waals surface area contributed by atoms with Crippen LogP contribution >= 0.6 is 38.9 Å². The molecule has 3 N–H and O–H groups in total. The van der Waals surface area contributed by atoms with Gasteiger partial charge in [0.1, 0.15) is 0 Å². The maximum Gasteiger partial charge on any atom is 0.271 e. The lowest BCUT2D eigenvalue weighted by Crippen LogP contribution is -2.21. The molecule has 0 spiro atoms. The summed E-state index contributed by atoms with van der Waals surface area (Å²) in [5.74, 6) is 0.0886. The highest BCUT2D eigenvalue weighted by Gasteiger charge is 2.14. The van der Waals surface area contributed by atoms with Gasteiger partial charge in [0.25, 0.3) is 11.8 Å². The number of thiazole rings is 1. The van der Waals surface area contributed by atoms with Crippen LogP contribution in [-0.2, 0) is 4.79 Å². The van der Waals surface area contributed by atoms with E-state index in [1.165, 1.54) is 24.7 Å². The zero-order chi connectivity index (χ0) is 31.8. The summed E-state index contributed by atoms with van der Waals surface area (Å²) in [6.07, 6.45) is 1.48. The fourth-order valence-electron chi connectivity index (χ4n) is 4.13. The minimum Gasteiger partial charge on any atom is -0.493 e. The highest BCUT2D eigenvalue weighted by molar-refractivity contribution is 9.10. The van der Waals surface area contributed by atoms with E-state index in [-0.39, 0.29) is 18.4 Å². The number of nitrogens with one attached hydrogen (secondary N) is 3. The first-order valence-electron chi connectivity index (χ1n) is 13.6. The summed E-state index contributed by atoms with van der Waals surface area (Å²) < 4.78 is 11.8. The summed E-state index contributed by atoms with van der Waals surface area (Å²) in [7, 11) is 1.50. The highest BCUT2D eigenvalue weighted by Crippen LogP contribution is 2.36. The standard InChI is InChI=1S/C33H27BrClN5O4S/c1-20-5-3-4-6-27(20)38-30(41)18-44-31-26(34)15-21(16-29(31)43-2)17-36-40-32(42)23-9-7-22(8-10-23)28-19-45-33(39-28)37-25-13-11-24(35)12-14-25/h3-17,19H,18H2,1-2H3,(H,37,39)(H,38,41)(H,40,42)/b36-17-. The molecular weight excluding hydrogens is 678 g/mol. The van der Waals surface area contributed by atoms with Crippen molar-refractivity contribution in [3.05, 3.63) is 116 Å². The molecule has 0 saturated heterocycles. The van der Waals surface area contributed by atoms with Gasteiger partial charge in [0, 0.05) is 32.9 Å². The van der Waals surface area contributed by atoms with Gasteiger partial charge in [-0.1, -0.05) is 41.9 Å².